The number of hydrogen-bond acceptors (Lipinski definition) is 8. The molecular formula is C20H24N8O3. The van der Waals surface area contributed by atoms with Crippen LogP contribution in [0.5, 0.6) is 0 Å². The van der Waals surface area contributed by atoms with Crippen molar-refractivity contribution in [3.05, 3.63) is 41.9 Å². The van der Waals surface area contributed by atoms with Gasteiger partial charge in [-0.25, -0.2) is 4.79 Å². The number of rotatable bonds is 4. The van der Waals surface area contributed by atoms with Crippen molar-refractivity contribution in [2.45, 2.75) is 26.4 Å². The van der Waals surface area contributed by atoms with E-state index in [0.29, 0.717) is 37.4 Å². The molecule has 3 rings (SSSR count). The minimum atomic E-state index is -0.564. The molecule has 1 saturated heterocycles. The maximum Gasteiger partial charge on any atom is 0.410 e. The van der Waals surface area contributed by atoms with E-state index in [4.69, 9.17) is 4.74 Å². The van der Waals surface area contributed by atoms with Crippen molar-refractivity contribution in [2.75, 3.05) is 31.5 Å². The molecule has 1 aromatic heterocycles. The van der Waals surface area contributed by atoms with Crippen LogP contribution in [0, 0.1) is 11.3 Å². The lowest BCUT2D eigenvalue weighted by atomic mass is 10.1. The highest BCUT2D eigenvalue weighted by Gasteiger charge is 2.28. The molecule has 0 aliphatic carbocycles. The number of amides is 2. The molecule has 1 fully saturated rings. The summed E-state index contributed by atoms with van der Waals surface area (Å²) in [5.74, 6) is -0.0181. The summed E-state index contributed by atoms with van der Waals surface area (Å²) in [7, 11) is 0. The number of tetrazole rings is 1. The van der Waals surface area contributed by atoms with Crippen LogP contribution in [0.1, 0.15) is 37.0 Å². The molecule has 0 radical (unpaired) electrons. The minimum absolute atomic E-state index is 0.150. The van der Waals surface area contributed by atoms with Crippen LogP contribution in [-0.4, -0.2) is 74.2 Å². The smallest absolute Gasteiger partial charge is 0.410 e. The Morgan fingerprint density at radius 3 is 2.48 bits per heavy atom. The van der Waals surface area contributed by atoms with Crippen LogP contribution in [-0.2, 0) is 4.74 Å². The van der Waals surface area contributed by atoms with E-state index < -0.39 is 5.60 Å². The zero-order chi connectivity index (χ0) is 22.4. The van der Waals surface area contributed by atoms with Crippen molar-refractivity contribution in [1.29, 1.82) is 5.26 Å². The van der Waals surface area contributed by atoms with Crippen LogP contribution in [0.2, 0.25) is 0 Å². The van der Waals surface area contributed by atoms with Gasteiger partial charge in [0.25, 0.3) is 5.91 Å². The second-order valence-corrected chi connectivity index (χ2v) is 7.85. The third-order valence-corrected chi connectivity index (χ3v) is 4.45. The number of benzene rings is 1. The van der Waals surface area contributed by atoms with Crippen LogP contribution >= 0.6 is 0 Å². The van der Waals surface area contributed by atoms with E-state index in [1.54, 1.807) is 34.1 Å². The van der Waals surface area contributed by atoms with E-state index in [1.807, 2.05) is 26.8 Å². The van der Waals surface area contributed by atoms with Gasteiger partial charge in [-0.1, -0.05) is 12.1 Å². The van der Waals surface area contributed by atoms with Crippen molar-refractivity contribution in [3.8, 4) is 6.07 Å². The minimum Gasteiger partial charge on any atom is -0.444 e. The topological polar surface area (TPSA) is 140 Å². The van der Waals surface area contributed by atoms with Crippen LogP contribution in [0.15, 0.2) is 30.5 Å². The van der Waals surface area contributed by atoms with Crippen molar-refractivity contribution in [1.82, 2.24) is 30.4 Å². The van der Waals surface area contributed by atoms with Gasteiger partial charge in [-0.15, -0.1) is 10.2 Å². The predicted octanol–water partition coefficient (Wildman–Crippen LogP) is 1.87. The first-order valence-corrected chi connectivity index (χ1v) is 9.75. The van der Waals surface area contributed by atoms with Gasteiger partial charge in [0.1, 0.15) is 17.2 Å². The molecule has 0 unspecified atom stereocenters. The van der Waals surface area contributed by atoms with Gasteiger partial charge in [-0.2, -0.15) is 10.5 Å². The van der Waals surface area contributed by atoms with Crippen molar-refractivity contribution >= 4 is 23.3 Å². The summed E-state index contributed by atoms with van der Waals surface area (Å²) in [5, 5.41) is 25.6. The Balaban J connectivity index is 1.67. The first-order chi connectivity index (χ1) is 14.8. The normalized spacial score (nSPS) is 14.7. The van der Waals surface area contributed by atoms with Gasteiger partial charge in [-0.05, 0) is 38.1 Å². The Kier molecular flexibility index (Phi) is 6.49. The maximum absolute atomic E-state index is 13.1. The molecule has 0 saturated carbocycles. The summed E-state index contributed by atoms with van der Waals surface area (Å²) in [6.07, 6.45) is 1.05. The number of piperazine rings is 1. The van der Waals surface area contributed by atoms with Gasteiger partial charge in [0.2, 0.25) is 5.82 Å². The summed E-state index contributed by atoms with van der Waals surface area (Å²) >= 11 is 0. The molecule has 2 heterocycles. The Labute approximate surface area is 179 Å². The molecule has 11 heteroatoms. The van der Waals surface area contributed by atoms with Gasteiger partial charge in [0.15, 0.2) is 0 Å². The molecule has 11 nitrogen and oxygen atoms in total. The molecule has 0 bridgehead atoms. The molecule has 1 aliphatic heterocycles. The molecule has 2 aromatic rings. The fraction of sp³-hybridized carbons (Fsp3) is 0.400. The third-order valence-electron chi connectivity index (χ3n) is 4.45. The van der Waals surface area contributed by atoms with Crippen LogP contribution < -0.4 is 5.32 Å². The van der Waals surface area contributed by atoms with E-state index in [9.17, 15) is 14.9 Å². The Bertz CT molecular complexity index is 996. The van der Waals surface area contributed by atoms with Gasteiger partial charge in [0, 0.05) is 32.4 Å². The largest absolute Gasteiger partial charge is 0.444 e. The lowest BCUT2D eigenvalue weighted by molar-refractivity contribution is 0.0141. The van der Waals surface area contributed by atoms with Gasteiger partial charge in [-0.3, -0.25) is 4.79 Å². The summed E-state index contributed by atoms with van der Waals surface area (Å²) in [5.41, 5.74) is 0.599. The second-order valence-electron chi connectivity index (χ2n) is 7.85. The number of hydrogen-bond donors (Lipinski definition) is 2. The predicted molar refractivity (Wildman–Crippen MR) is 112 cm³/mol. The molecule has 0 spiro atoms. The van der Waals surface area contributed by atoms with Gasteiger partial charge >= 0.3 is 6.09 Å². The number of nitrogens with zero attached hydrogens (tertiary/aromatic N) is 6. The number of aromatic nitrogens is 4. The van der Waals surface area contributed by atoms with Crippen molar-refractivity contribution in [2.24, 2.45) is 0 Å². The third kappa shape index (κ3) is 5.57. The highest BCUT2D eigenvalue weighted by Crippen LogP contribution is 2.20. The van der Waals surface area contributed by atoms with E-state index in [-0.39, 0.29) is 23.4 Å². The molecule has 1 aliphatic rings. The van der Waals surface area contributed by atoms with Crippen LogP contribution in [0.25, 0.3) is 5.57 Å². The average molecular weight is 424 g/mol. The molecule has 2 amide bonds. The summed E-state index contributed by atoms with van der Waals surface area (Å²) < 4.78 is 5.40. The Morgan fingerprint density at radius 2 is 1.87 bits per heavy atom. The number of aromatic amines is 1. The Hall–Kier alpha value is -3.94. The van der Waals surface area contributed by atoms with Crippen LogP contribution in [0.4, 0.5) is 10.5 Å². The number of anilines is 1. The first kappa shape index (κ1) is 21.8. The van der Waals surface area contributed by atoms with Crippen LogP contribution in [0.3, 0.4) is 0 Å². The highest BCUT2D eigenvalue weighted by molar-refractivity contribution is 6.00. The molecular weight excluding hydrogens is 400 g/mol. The number of nitrogens with one attached hydrogen (secondary N) is 2. The molecule has 31 heavy (non-hydrogen) atoms. The zero-order valence-electron chi connectivity index (χ0n) is 17.6. The monoisotopic (exact) mass is 424 g/mol. The number of carbonyl (C=O) groups is 2. The molecule has 1 aromatic carbocycles. The first-order valence-electron chi connectivity index (χ1n) is 9.75. The summed E-state index contributed by atoms with van der Waals surface area (Å²) in [6.45, 7) is 7.04. The van der Waals surface area contributed by atoms with Crippen molar-refractivity contribution in [3.63, 3.8) is 0 Å². The maximum atomic E-state index is 13.1. The van der Waals surface area contributed by atoms with Gasteiger partial charge < -0.3 is 19.9 Å². The SMILES string of the molecule is CC(C)(C)OC(=O)N1CCN(C(=O)c2ccccc2NC=C(C#N)c2nn[nH]n2)CC1. The van der Waals surface area contributed by atoms with Crippen molar-refractivity contribution < 1.29 is 14.3 Å². The fourth-order valence-electron chi connectivity index (χ4n) is 2.96. The molecule has 2 N–H and O–H groups in total. The van der Waals surface area contributed by atoms with E-state index in [2.05, 4.69) is 25.9 Å². The number of H-pyrrole nitrogens is 1. The average Bonchev–Trinajstić information content (AvgIpc) is 3.27. The Morgan fingerprint density at radius 1 is 1.19 bits per heavy atom. The zero-order valence-corrected chi connectivity index (χ0v) is 17.6. The molecule has 162 valence electrons. The fourth-order valence-corrected chi connectivity index (χ4v) is 2.96. The lowest BCUT2D eigenvalue weighted by Gasteiger charge is -2.35. The quantitative estimate of drug-likeness (QED) is 0.709. The number of allylic oxidation sites excluding steroid dienone is 1. The number of carbonyl (C=O) groups excluding carboxylic acids is 2. The lowest BCUT2D eigenvalue weighted by Crippen LogP contribution is -2.51. The molecule has 0 atom stereocenters. The van der Waals surface area contributed by atoms with E-state index >= 15 is 0 Å². The number of nitriles is 1. The summed E-state index contributed by atoms with van der Waals surface area (Å²) in [4.78, 5) is 28.6. The highest BCUT2D eigenvalue weighted by atomic mass is 16.6. The number of para-hydroxylation sites is 1. The second kappa shape index (κ2) is 9.25. The van der Waals surface area contributed by atoms with E-state index in [1.165, 1.54) is 6.20 Å². The van der Waals surface area contributed by atoms with E-state index in [0.717, 1.165) is 0 Å². The summed E-state index contributed by atoms with van der Waals surface area (Å²) in [6, 6.07) is 8.99. The number of ether oxygens (including phenoxy) is 1. The van der Waals surface area contributed by atoms with Gasteiger partial charge in [0.05, 0.1) is 11.3 Å². The standard InChI is InChI=1S/C20H24N8O3/c1-20(2,3)31-19(30)28-10-8-27(9-11-28)18(29)15-6-4-5-7-16(15)22-13-14(12-21)17-23-25-26-24-17/h4-7,13,22H,8-11H2,1-3H3,(H,23,24,25,26).